The van der Waals surface area contributed by atoms with E-state index in [0.717, 1.165) is 18.4 Å². The van der Waals surface area contributed by atoms with Gasteiger partial charge in [-0.2, -0.15) is 8.42 Å². The highest BCUT2D eigenvalue weighted by Gasteiger charge is 2.08. The minimum absolute atomic E-state index is 0.0244. The molecule has 0 saturated carbocycles. The van der Waals surface area contributed by atoms with Crippen LogP contribution in [0.3, 0.4) is 0 Å². The molecule has 0 radical (unpaired) electrons. The van der Waals surface area contributed by atoms with Crippen molar-refractivity contribution >= 4 is 10.1 Å². The van der Waals surface area contributed by atoms with Gasteiger partial charge in [-0.25, -0.2) is 0 Å². The molecule has 0 bridgehead atoms. The Balaban J connectivity index is 1.83. The largest absolute Gasteiger partial charge is 0.294 e. The molecule has 0 unspecified atom stereocenters. The molecule has 1 aromatic carbocycles. The first-order valence-electron chi connectivity index (χ1n) is 12.1. The van der Waals surface area contributed by atoms with Gasteiger partial charge in [-0.15, -0.1) is 0 Å². The van der Waals surface area contributed by atoms with Gasteiger partial charge >= 0.3 is 0 Å². The molecule has 3 nitrogen and oxygen atoms in total. The lowest BCUT2D eigenvalue weighted by molar-refractivity contribution is 0.483. The summed E-state index contributed by atoms with van der Waals surface area (Å²) in [6.07, 6.45) is 24.3. The summed E-state index contributed by atoms with van der Waals surface area (Å²) in [5.41, 5.74) is 1.14. The Kier molecular flexibility index (Phi) is 15.2. The van der Waals surface area contributed by atoms with Gasteiger partial charge in [0.15, 0.2) is 0 Å². The Bertz CT molecular complexity index is 593. The summed E-state index contributed by atoms with van der Waals surface area (Å²) >= 11 is 0. The molecule has 0 spiro atoms. The number of hydrogen-bond acceptors (Lipinski definition) is 2. The van der Waals surface area contributed by atoms with E-state index in [0.29, 0.717) is 0 Å². The zero-order valence-corrected chi connectivity index (χ0v) is 19.5. The molecule has 0 fully saturated rings. The van der Waals surface area contributed by atoms with E-state index in [1.54, 1.807) is 12.1 Å². The Hall–Kier alpha value is -0.870. The van der Waals surface area contributed by atoms with Crippen LogP contribution in [0.2, 0.25) is 0 Å². The van der Waals surface area contributed by atoms with Crippen molar-refractivity contribution in [2.75, 3.05) is 0 Å². The van der Waals surface area contributed by atoms with Crippen molar-refractivity contribution < 1.29 is 13.0 Å². The minimum Gasteiger partial charge on any atom is -0.282 e. The second-order valence-electron chi connectivity index (χ2n) is 8.53. The molecule has 0 aliphatic heterocycles. The van der Waals surface area contributed by atoms with Crippen LogP contribution in [0.5, 0.6) is 0 Å². The van der Waals surface area contributed by atoms with Crippen LogP contribution in [0.1, 0.15) is 122 Å². The van der Waals surface area contributed by atoms with Crippen molar-refractivity contribution in [3.63, 3.8) is 0 Å². The third-order valence-corrected chi connectivity index (χ3v) is 6.66. The van der Waals surface area contributed by atoms with Crippen LogP contribution in [0, 0.1) is 0 Å². The predicted molar refractivity (Wildman–Crippen MR) is 124 cm³/mol. The molecule has 1 rings (SSSR count). The second kappa shape index (κ2) is 16.9. The van der Waals surface area contributed by atoms with Crippen LogP contribution in [-0.4, -0.2) is 13.0 Å². The van der Waals surface area contributed by atoms with Crippen LogP contribution < -0.4 is 0 Å². The Morgan fingerprint density at radius 1 is 0.586 bits per heavy atom. The van der Waals surface area contributed by atoms with Gasteiger partial charge in [-0.3, -0.25) is 4.55 Å². The van der Waals surface area contributed by atoms with Crippen LogP contribution in [-0.2, 0) is 16.5 Å². The summed E-state index contributed by atoms with van der Waals surface area (Å²) in [4.78, 5) is -0.0244. The molecule has 0 atom stereocenters. The van der Waals surface area contributed by atoms with Crippen LogP contribution >= 0.6 is 0 Å². The lowest BCUT2D eigenvalue weighted by atomic mass is 10.0. The normalized spacial score (nSPS) is 11.8. The third kappa shape index (κ3) is 14.7. The molecule has 0 amide bonds. The summed E-state index contributed by atoms with van der Waals surface area (Å²) < 4.78 is 31.0. The van der Waals surface area contributed by atoms with E-state index in [4.69, 9.17) is 4.55 Å². The Morgan fingerprint density at radius 3 is 1.28 bits per heavy atom. The van der Waals surface area contributed by atoms with Crippen molar-refractivity contribution in [1.29, 1.82) is 0 Å². The Morgan fingerprint density at radius 2 is 0.931 bits per heavy atom. The molecular weight excluding hydrogens is 380 g/mol. The average molecular weight is 425 g/mol. The van der Waals surface area contributed by atoms with Crippen molar-refractivity contribution in [1.82, 2.24) is 0 Å². The van der Waals surface area contributed by atoms with Crippen LogP contribution in [0.15, 0.2) is 29.2 Å². The molecular formula is C25H44O3S. The van der Waals surface area contributed by atoms with E-state index in [1.165, 1.54) is 115 Å². The quantitative estimate of drug-likeness (QED) is 0.180. The summed E-state index contributed by atoms with van der Waals surface area (Å²) in [5.74, 6) is 0. The molecule has 0 aliphatic rings. The van der Waals surface area contributed by atoms with E-state index >= 15 is 0 Å². The van der Waals surface area contributed by atoms with Gasteiger partial charge in [0.25, 0.3) is 10.1 Å². The molecule has 0 heterocycles. The fraction of sp³-hybridized carbons (Fsp3) is 0.760. The van der Waals surface area contributed by atoms with Crippen molar-refractivity contribution in [3.8, 4) is 0 Å². The number of unbranched alkanes of at least 4 members (excludes halogenated alkanes) is 16. The monoisotopic (exact) mass is 424 g/mol. The molecule has 4 heteroatoms. The van der Waals surface area contributed by atoms with Gasteiger partial charge < -0.3 is 0 Å². The molecule has 29 heavy (non-hydrogen) atoms. The molecule has 1 aromatic rings. The number of benzene rings is 1. The smallest absolute Gasteiger partial charge is 0.282 e. The summed E-state index contributed by atoms with van der Waals surface area (Å²) in [6, 6.07) is 6.57. The van der Waals surface area contributed by atoms with Gasteiger partial charge in [-0.05, 0) is 30.5 Å². The lowest BCUT2D eigenvalue weighted by Gasteiger charge is -2.04. The maximum absolute atomic E-state index is 11.0. The maximum atomic E-state index is 11.0. The topological polar surface area (TPSA) is 54.4 Å². The number of rotatable bonds is 19. The van der Waals surface area contributed by atoms with Crippen LogP contribution in [0.4, 0.5) is 0 Å². The second-order valence-corrected chi connectivity index (χ2v) is 9.95. The van der Waals surface area contributed by atoms with Crippen LogP contribution in [0.25, 0.3) is 0 Å². The predicted octanol–water partition coefficient (Wildman–Crippen LogP) is 8.13. The first kappa shape index (κ1) is 26.2. The first-order chi connectivity index (χ1) is 14.0. The highest BCUT2D eigenvalue weighted by molar-refractivity contribution is 7.85. The summed E-state index contributed by atoms with van der Waals surface area (Å²) in [7, 11) is -4.07. The van der Waals surface area contributed by atoms with Crippen molar-refractivity contribution in [2.24, 2.45) is 0 Å². The highest BCUT2D eigenvalue weighted by atomic mass is 32.2. The van der Waals surface area contributed by atoms with Gasteiger partial charge in [0.1, 0.15) is 0 Å². The van der Waals surface area contributed by atoms with Crippen molar-refractivity contribution in [3.05, 3.63) is 29.8 Å². The van der Waals surface area contributed by atoms with E-state index < -0.39 is 10.1 Å². The van der Waals surface area contributed by atoms with E-state index in [9.17, 15) is 8.42 Å². The van der Waals surface area contributed by atoms with E-state index in [-0.39, 0.29) is 4.90 Å². The molecule has 0 aliphatic carbocycles. The average Bonchev–Trinajstić information content (AvgIpc) is 2.70. The van der Waals surface area contributed by atoms with Crippen molar-refractivity contribution in [2.45, 2.75) is 127 Å². The lowest BCUT2D eigenvalue weighted by Crippen LogP contribution is -1.98. The van der Waals surface area contributed by atoms with Gasteiger partial charge in [0.2, 0.25) is 0 Å². The SMILES string of the molecule is CCCCCCCCCCCCCCCCCCCc1ccc(S(=O)(=O)O)cc1. The van der Waals surface area contributed by atoms with Gasteiger partial charge in [0, 0.05) is 0 Å². The number of aryl methyl sites for hydroxylation is 1. The Labute approximate surface area is 180 Å². The number of hydrogen-bond donors (Lipinski definition) is 1. The molecule has 1 N–H and O–H groups in total. The third-order valence-electron chi connectivity index (χ3n) is 5.79. The van der Waals surface area contributed by atoms with Gasteiger partial charge in [-0.1, -0.05) is 122 Å². The van der Waals surface area contributed by atoms with E-state index in [2.05, 4.69) is 6.92 Å². The highest BCUT2D eigenvalue weighted by Crippen LogP contribution is 2.16. The maximum Gasteiger partial charge on any atom is 0.294 e. The van der Waals surface area contributed by atoms with Gasteiger partial charge in [0.05, 0.1) is 4.90 Å². The minimum atomic E-state index is -4.07. The first-order valence-corrected chi connectivity index (χ1v) is 13.5. The zero-order chi connectivity index (χ0) is 21.2. The molecule has 168 valence electrons. The molecule has 0 saturated heterocycles. The standard InChI is InChI=1S/C25H44O3S/c1-2-3-4-5-6-7-8-9-10-11-12-13-14-15-16-17-18-19-24-20-22-25(23-21-24)29(26,27)28/h20-23H,2-19H2,1H3,(H,26,27,28). The fourth-order valence-corrected chi connectivity index (χ4v) is 4.36. The molecule has 0 aromatic heterocycles. The zero-order valence-electron chi connectivity index (χ0n) is 18.7. The van der Waals surface area contributed by atoms with E-state index in [1.807, 2.05) is 0 Å². The summed E-state index contributed by atoms with van der Waals surface area (Å²) in [6.45, 7) is 2.28. The summed E-state index contributed by atoms with van der Waals surface area (Å²) in [5, 5.41) is 0. The fourth-order valence-electron chi connectivity index (χ4n) is 3.88.